The number of nitrogens with zero attached hydrogens (tertiary/aromatic N) is 1. The van der Waals surface area contributed by atoms with Crippen LogP contribution in [-0.4, -0.2) is 35.0 Å². The van der Waals surface area contributed by atoms with E-state index in [1.165, 1.54) is 0 Å². The van der Waals surface area contributed by atoms with Crippen molar-refractivity contribution in [3.05, 3.63) is 52.9 Å². The van der Waals surface area contributed by atoms with Crippen LogP contribution in [0.5, 0.6) is 0 Å². The molecule has 0 saturated carbocycles. The maximum Gasteiger partial charge on any atom is 0.294 e. The molecule has 6 heteroatoms. The second-order valence-electron chi connectivity index (χ2n) is 6.04. The van der Waals surface area contributed by atoms with Gasteiger partial charge in [0.2, 0.25) is 5.91 Å². The lowest BCUT2D eigenvalue weighted by atomic mass is 10.0. The van der Waals surface area contributed by atoms with Crippen molar-refractivity contribution >= 4 is 45.7 Å². The van der Waals surface area contributed by atoms with E-state index in [-0.39, 0.29) is 12.5 Å². The van der Waals surface area contributed by atoms with Crippen LogP contribution in [0.25, 0.3) is 16.8 Å². The van der Waals surface area contributed by atoms with Gasteiger partial charge < -0.3 is 5.32 Å². The van der Waals surface area contributed by atoms with Crippen molar-refractivity contribution in [1.82, 2.24) is 10.2 Å². The summed E-state index contributed by atoms with van der Waals surface area (Å²) in [4.78, 5) is 38.0. The highest BCUT2D eigenvalue weighted by Gasteiger charge is 2.36. The molecule has 1 aliphatic heterocycles. The monoisotopic (exact) mass is 368 g/mol. The predicted molar refractivity (Wildman–Crippen MR) is 105 cm³/mol. The average Bonchev–Trinajstić information content (AvgIpc) is 2.90. The number of fused-ring (bicyclic) bond motifs is 1. The van der Waals surface area contributed by atoms with Crippen LogP contribution in [0.1, 0.15) is 25.3 Å². The number of hydrogen-bond donors (Lipinski definition) is 1. The van der Waals surface area contributed by atoms with Crippen LogP contribution in [0.4, 0.5) is 4.79 Å². The van der Waals surface area contributed by atoms with Gasteiger partial charge in [-0.25, -0.2) is 0 Å². The number of benzene rings is 2. The van der Waals surface area contributed by atoms with Crippen molar-refractivity contribution in [1.29, 1.82) is 0 Å². The van der Waals surface area contributed by atoms with Crippen molar-refractivity contribution in [2.24, 2.45) is 0 Å². The SMILES string of the molecule is CCCCNC(=O)CN1C(=O)S/C(=C\c2cccc3ccccc23)C1=O. The number of hydrogen-bond acceptors (Lipinski definition) is 4. The molecule has 3 rings (SSSR count). The highest BCUT2D eigenvalue weighted by Crippen LogP contribution is 2.33. The van der Waals surface area contributed by atoms with Crippen LogP contribution >= 0.6 is 11.8 Å². The third-order valence-electron chi connectivity index (χ3n) is 4.14. The van der Waals surface area contributed by atoms with Crippen LogP contribution in [0.15, 0.2) is 47.4 Å². The molecule has 2 aromatic rings. The van der Waals surface area contributed by atoms with Gasteiger partial charge in [0.05, 0.1) is 4.91 Å². The molecule has 1 N–H and O–H groups in total. The van der Waals surface area contributed by atoms with Gasteiger partial charge in [-0.05, 0) is 40.6 Å². The quantitative estimate of drug-likeness (QED) is 0.622. The molecule has 0 spiro atoms. The van der Waals surface area contributed by atoms with Crippen LogP contribution in [0, 0.1) is 0 Å². The first-order valence-electron chi connectivity index (χ1n) is 8.60. The normalized spacial score (nSPS) is 15.9. The lowest BCUT2D eigenvalue weighted by Gasteiger charge is -2.12. The van der Waals surface area contributed by atoms with Gasteiger partial charge >= 0.3 is 0 Å². The summed E-state index contributed by atoms with van der Waals surface area (Å²) in [6.07, 6.45) is 3.56. The van der Waals surface area contributed by atoms with Crippen molar-refractivity contribution in [2.75, 3.05) is 13.1 Å². The molecule has 0 aliphatic carbocycles. The third kappa shape index (κ3) is 3.96. The predicted octanol–water partition coefficient (Wildman–Crippen LogP) is 3.79. The minimum atomic E-state index is -0.418. The molecular weight excluding hydrogens is 348 g/mol. The number of carbonyl (C=O) groups excluding carboxylic acids is 3. The first-order chi connectivity index (χ1) is 12.6. The number of thioether (sulfide) groups is 1. The first kappa shape index (κ1) is 18.2. The fourth-order valence-corrected chi connectivity index (χ4v) is 3.59. The van der Waals surface area contributed by atoms with E-state index in [4.69, 9.17) is 0 Å². The smallest absolute Gasteiger partial charge is 0.294 e. The number of imide groups is 1. The zero-order chi connectivity index (χ0) is 18.5. The van der Waals surface area contributed by atoms with Gasteiger partial charge in [0, 0.05) is 6.54 Å². The summed E-state index contributed by atoms with van der Waals surface area (Å²) < 4.78 is 0. The number of unbranched alkanes of at least 4 members (excludes halogenated alkanes) is 1. The summed E-state index contributed by atoms with van der Waals surface area (Å²) in [6, 6.07) is 13.7. The Balaban J connectivity index is 1.78. The fraction of sp³-hybridized carbons (Fsp3) is 0.250. The van der Waals surface area contributed by atoms with Gasteiger partial charge in [0.25, 0.3) is 11.1 Å². The molecule has 2 aromatic carbocycles. The summed E-state index contributed by atoms with van der Waals surface area (Å²) >= 11 is 0.874. The van der Waals surface area contributed by atoms with Gasteiger partial charge in [-0.2, -0.15) is 0 Å². The molecule has 26 heavy (non-hydrogen) atoms. The molecule has 1 saturated heterocycles. The van der Waals surface area contributed by atoms with E-state index in [2.05, 4.69) is 5.32 Å². The molecule has 5 nitrogen and oxygen atoms in total. The minimum absolute atomic E-state index is 0.235. The minimum Gasteiger partial charge on any atom is -0.355 e. The van der Waals surface area contributed by atoms with E-state index >= 15 is 0 Å². The molecule has 0 bridgehead atoms. The summed E-state index contributed by atoms with van der Waals surface area (Å²) in [5.74, 6) is -0.731. The van der Waals surface area contributed by atoms with E-state index in [1.54, 1.807) is 6.08 Å². The molecule has 0 radical (unpaired) electrons. The molecule has 0 unspecified atom stereocenters. The Labute approximate surface area is 156 Å². The number of rotatable bonds is 6. The van der Waals surface area contributed by atoms with E-state index < -0.39 is 11.1 Å². The molecule has 1 fully saturated rings. The van der Waals surface area contributed by atoms with Crippen molar-refractivity contribution < 1.29 is 14.4 Å². The summed E-state index contributed by atoms with van der Waals surface area (Å²) in [6.45, 7) is 2.35. The number of nitrogens with one attached hydrogen (secondary N) is 1. The van der Waals surface area contributed by atoms with Crippen LogP contribution in [0.2, 0.25) is 0 Å². The standard InChI is InChI=1S/C20H20N2O3S/c1-2-3-11-21-18(23)13-22-19(24)17(26-20(22)25)12-15-9-6-8-14-7-4-5-10-16(14)15/h4-10,12H,2-3,11,13H2,1H3,(H,21,23)/b17-12-. The Bertz CT molecular complexity index is 886. The Morgan fingerprint density at radius 3 is 2.73 bits per heavy atom. The topological polar surface area (TPSA) is 66.5 Å². The highest BCUT2D eigenvalue weighted by molar-refractivity contribution is 8.18. The second-order valence-corrected chi connectivity index (χ2v) is 7.03. The Morgan fingerprint density at radius 1 is 1.15 bits per heavy atom. The van der Waals surface area contributed by atoms with Gasteiger partial charge in [-0.15, -0.1) is 0 Å². The van der Waals surface area contributed by atoms with Crippen molar-refractivity contribution in [3.63, 3.8) is 0 Å². The van der Waals surface area contributed by atoms with E-state index in [0.29, 0.717) is 11.4 Å². The maximum atomic E-state index is 12.6. The highest BCUT2D eigenvalue weighted by atomic mass is 32.2. The van der Waals surface area contributed by atoms with E-state index in [1.807, 2.05) is 49.4 Å². The Morgan fingerprint density at radius 2 is 1.92 bits per heavy atom. The summed E-state index contributed by atoms with van der Waals surface area (Å²) in [5.41, 5.74) is 0.876. The molecular formula is C20H20N2O3S. The van der Waals surface area contributed by atoms with Crippen LogP contribution in [-0.2, 0) is 9.59 Å². The lowest BCUT2D eigenvalue weighted by Crippen LogP contribution is -2.39. The maximum absolute atomic E-state index is 12.6. The molecule has 0 atom stereocenters. The average molecular weight is 368 g/mol. The zero-order valence-corrected chi connectivity index (χ0v) is 15.3. The molecule has 3 amide bonds. The summed E-state index contributed by atoms with van der Waals surface area (Å²) in [5, 5.41) is 4.40. The zero-order valence-electron chi connectivity index (χ0n) is 14.5. The van der Waals surface area contributed by atoms with E-state index in [0.717, 1.165) is 45.8 Å². The number of carbonyl (C=O) groups is 3. The van der Waals surface area contributed by atoms with E-state index in [9.17, 15) is 14.4 Å². The van der Waals surface area contributed by atoms with Crippen molar-refractivity contribution in [3.8, 4) is 0 Å². The van der Waals surface area contributed by atoms with Gasteiger partial charge in [-0.1, -0.05) is 55.8 Å². The molecule has 134 valence electrons. The summed E-state index contributed by atoms with van der Waals surface area (Å²) in [7, 11) is 0. The number of amides is 3. The fourth-order valence-electron chi connectivity index (χ4n) is 2.76. The first-order valence-corrected chi connectivity index (χ1v) is 9.41. The van der Waals surface area contributed by atoms with Crippen LogP contribution < -0.4 is 5.32 Å². The Kier molecular flexibility index (Phi) is 5.73. The second kappa shape index (κ2) is 8.19. The largest absolute Gasteiger partial charge is 0.355 e. The lowest BCUT2D eigenvalue weighted by molar-refractivity contribution is -0.129. The van der Waals surface area contributed by atoms with Gasteiger partial charge in [-0.3, -0.25) is 19.3 Å². The molecule has 1 heterocycles. The Hall–Kier alpha value is -2.60. The van der Waals surface area contributed by atoms with Gasteiger partial charge in [0.15, 0.2) is 0 Å². The van der Waals surface area contributed by atoms with Crippen molar-refractivity contribution in [2.45, 2.75) is 19.8 Å². The molecule has 1 aliphatic rings. The third-order valence-corrected chi connectivity index (χ3v) is 5.05. The van der Waals surface area contributed by atoms with Gasteiger partial charge in [0.1, 0.15) is 6.54 Å². The van der Waals surface area contributed by atoms with Crippen LogP contribution in [0.3, 0.4) is 0 Å². The molecule has 0 aromatic heterocycles.